The molecule has 0 unspecified atom stereocenters. The fraction of sp³-hybridized carbons (Fsp3) is 0.143. The topological polar surface area (TPSA) is 55.4 Å². The van der Waals surface area contributed by atoms with Crippen molar-refractivity contribution >= 4 is 43.2 Å². The van der Waals surface area contributed by atoms with Gasteiger partial charge in [-0.05, 0) is 36.8 Å². The minimum absolute atomic E-state index is 0.0405. The first kappa shape index (κ1) is 16.1. The largest absolute Gasteiger partial charge is 0.495 e. The van der Waals surface area contributed by atoms with Crippen LogP contribution in [0.5, 0.6) is 5.75 Å². The van der Waals surface area contributed by atoms with Crippen molar-refractivity contribution in [1.29, 1.82) is 0 Å². The molecule has 0 aliphatic heterocycles. The number of nitrogens with one attached hydrogen (secondary N) is 1. The normalized spacial score (nSPS) is 11.2. The van der Waals surface area contributed by atoms with Gasteiger partial charge in [0, 0.05) is 4.47 Å². The second-order valence-electron chi connectivity index (χ2n) is 4.33. The van der Waals surface area contributed by atoms with Crippen LogP contribution in [0.1, 0.15) is 5.56 Å². The van der Waals surface area contributed by atoms with Gasteiger partial charge in [-0.1, -0.05) is 39.7 Å². The number of hydrogen-bond donors (Lipinski definition) is 1. The summed E-state index contributed by atoms with van der Waals surface area (Å²) in [6, 6.07) is 9.94. The molecule has 2 rings (SSSR count). The van der Waals surface area contributed by atoms with Crippen LogP contribution >= 0.6 is 27.5 Å². The minimum atomic E-state index is -3.81. The first-order chi connectivity index (χ1) is 9.85. The predicted molar refractivity (Wildman–Crippen MR) is 87.7 cm³/mol. The Morgan fingerprint density at radius 2 is 1.95 bits per heavy atom. The van der Waals surface area contributed by atoms with Crippen LogP contribution in [-0.2, 0) is 10.0 Å². The molecule has 21 heavy (non-hydrogen) atoms. The van der Waals surface area contributed by atoms with E-state index in [1.807, 2.05) is 0 Å². The van der Waals surface area contributed by atoms with Gasteiger partial charge >= 0.3 is 0 Å². The van der Waals surface area contributed by atoms with E-state index in [4.69, 9.17) is 16.3 Å². The third-order valence-electron chi connectivity index (χ3n) is 2.87. The summed E-state index contributed by atoms with van der Waals surface area (Å²) in [5.41, 5.74) is 1.10. The van der Waals surface area contributed by atoms with Crippen LogP contribution < -0.4 is 9.46 Å². The Balaban J connectivity index is 2.51. The Hall–Kier alpha value is -1.24. The summed E-state index contributed by atoms with van der Waals surface area (Å²) in [5, 5.41) is 0.340. The van der Waals surface area contributed by atoms with Gasteiger partial charge in [0.15, 0.2) is 0 Å². The summed E-state index contributed by atoms with van der Waals surface area (Å²) in [7, 11) is -2.39. The lowest BCUT2D eigenvalue weighted by Crippen LogP contribution is -2.15. The highest BCUT2D eigenvalue weighted by atomic mass is 79.9. The number of hydrogen-bond acceptors (Lipinski definition) is 3. The molecule has 2 aromatic rings. The zero-order valence-corrected chi connectivity index (χ0v) is 14.5. The van der Waals surface area contributed by atoms with Crippen molar-refractivity contribution in [1.82, 2.24) is 0 Å². The highest BCUT2D eigenvalue weighted by Gasteiger charge is 2.21. The van der Waals surface area contributed by atoms with Crippen LogP contribution in [0.25, 0.3) is 0 Å². The molecule has 0 bridgehead atoms. The van der Waals surface area contributed by atoms with E-state index in [0.29, 0.717) is 15.2 Å². The van der Waals surface area contributed by atoms with Crippen LogP contribution in [0.4, 0.5) is 5.69 Å². The smallest absolute Gasteiger partial charge is 0.265 e. The third-order valence-corrected chi connectivity index (χ3v) is 5.05. The average Bonchev–Trinajstić information content (AvgIpc) is 2.43. The zero-order chi connectivity index (χ0) is 15.6. The number of methoxy groups -OCH3 is 1. The van der Waals surface area contributed by atoms with E-state index >= 15 is 0 Å². The number of benzene rings is 2. The molecule has 7 heteroatoms. The molecule has 0 aromatic heterocycles. The Morgan fingerprint density at radius 3 is 2.57 bits per heavy atom. The maximum absolute atomic E-state index is 12.6. The molecule has 0 saturated carbocycles. The predicted octanol–water partition coefficient (Wildman–Crippen LogP) is 4.22. The van der Waals surface area contributed by atoms with Crippen LogP contribution in [0.2, 0.25) is 5.02 Å². The van der Waals surface area contributed by atoms with Crippen molar-refractivity contribution in [2.24, 2.45) is 0 Å². The fourth-order valence-corrected chi connectivity index (χ4v) is 4.00. The monoisotopic (exact) mass is 389 g/mol. The molecule has 0 aliphatic carbocycles. The molecule has 0 radical (unpaired) electrons. The lowest BCUT2D eigenvalue weighted by Gasteiger charge is -2.14. The standard InChI is InChI=1S/C14H13BrClNO3S/c1-9-4-3-5-11(16)14(9)17-21(18,19)13-8-10(15)6-7-12(13)20-2/h3-8,17H,1-2H3. The molecule has 4 nitrogen and oxygen atoms in total. The fourth-order valence-electron chi connectivity index (χ4n) is 1.81. The Kier molecular flexibility index (Phi) is 4.81. The van der Waals surface area contributed by atoms with E-state index in [1.165, 1.54) is 13.2 Å². The Bertz CT molecular complexity index is 758. The second-order valence-corrected chi connectivity index (χ2v) is 7.31. The molecular weight excluding hydrogens is 378 g/mol. The van der Waals surface area contributed by atoms with Crippen molar-refractivity contribution in [2.75, 3.05) is 11.8 Å². The van der Waals surface area contributed by atoms with Gasteiger partial charge in [0.1, 0.15) is 10.6 Å². The number of rotatable bonds is 4. The van der Waals surface area contributed by atoms with Crippen molar-refractivity contribution in [2.45, 2.75) is 11.8 Å². The SMILES string of the molecule is COc1ccc(Br)cc1S(=O)(=O)Nc1c(C)cccc1Cl. The van der Waals surface area contributed by atoms with E-state index in [-0.39, 0.29) is 10.6 Å². The summed E-state index contributed by atoms with van der Waals surface area (Å²) < 4.78 is 33.4. The van der Waals surface area contributed by atoms with Gasteiger partial charge in [0.25, 0.3) is 10.0 Å². The Morgan fingerprint density at radius 1 is 1.24 bits per heavy atom. The average molecular weight is 391 g/mol. The van der Waals surface area contributed by atoms with Crippen molar-refractivity contribution in [3.8, 4) is 5.75 Å². The molecule has 0 spiro atoms. The van der Waals surface area contributed by atoms with Crippen LogP contribution in [0, 0.1) is 6.92 Å². The number of ether oxygens (including phenoxy) is 1. The van der Waals surface area contributed by atoms with E-state index in [2.05, 4.69) is 20.7 Å². The first-order valence-electron chi connectivity index (χ1n) is 5.96. The molecule has 0 heterocycles. The molecule has 0 fully saturated rings. The van der Waals surface area contributed by atoms with E-state index in [1.54, 1.807) is 37.3 Å². The molecular formula is C14H13BrClNO3S. The van der Waals surface area contributed by atoms with Crippen LogP contribution in [-0.4, -0.2) is 15.5 Å². The number of halogens is 2. The zero-order valence-electron chi connectivity index (χ0n) is 11.4. The van der Waals surface area contributed by atoms with Gasteiger partial charge in [0.05, 0.1) is 17.8 Å². The first-order valence-corrected chi connectivity index (χ1v) is 8.62. The van der Waals surface area contributed by atoms with E-state index < -0.39 is 10.0 Å². The maximum Gasteiger partial charge on any atom is 0.265 e. The van der Waals surface area contributed by atoms with Gasteiger partial charge < -0.3 is 4.74 Å². The maximum atomic E-state index is 12.6. The summed E-state index contributed by atoms with van der Waals surface area (Å²) in [6.07, 6.45) is 0. The van der Waals surface area contributed by atoms with E-state index in [0.717, 1.165) is 5.56 Å². The highest BCUT2D eigenvalue weighted by Crippen LogP contribution is 2.32. The van der Waals surface area contributed by atoms with Crippen LogP contribution in [0.15, 0.2) is 45.8 Å². The lowest BCUT2D eigenvalue weighted by molar-refractivity contribution is 0.403. The van der Waals surface area contributed by atoms with Crippen LogP contribution in [0.3, 0.4) is 0 Å². The number of para-hydroxylation sites is 1. The summed E-state index contributed by atoms with van der Waals surface area (Å²) in [6.45, 7) is 1.78. The van der Waals surface area contributed by atoms with Crippen molar-refractivity contribution in [3.63, 3.8) is 0 Å². The lowest BCUT2D eigenvalue weighted by atomic mass is 10.2. The highest BCUT2D eigenvalue weighted by molar-refractivity contribution is 9.10. The molecule has 0 amide bonds. The molecule has 0 aliphatic rings. The minimum Gasteiger partial charge on any atom is -0.495 e. The summed E-state index contributed by atoms with van der Waals surface area (Å²) >= 11 is 9.32. The van der Waals surface area contributed by atoms with Gasteiger partial charge in [-0.3, -0.25) is 4.72 Å². The quantitative estimate of drug-likeness (QED) is 0.850. The molecule has 1 N–H and O–H groups in total. The number of anilines is 1. The second kappa shape index (κ2) is 6.25. The summed E-state index contributed by atoms with van der Waals surface area (Å²) in [5.74, 6) is 0.260. The molecule has 0 saturated heterocycles. The molecule has 0 atom stereocenters. The molecule has 112 valence electrons. The van der Waals surface area contributed by atoms with Crippen molar-refractivity contribution < 1.29 is 13.2 Å². The van der Waals surface area contributed by atoms with E-state index in [9.17, 15) is 8.42 Å². The molecule has 2 aromatic carbocycles. The Labute approximate surface area is 137 Å². The number of sulfonamides is 1. The van der Waals surface area contributed by atoms with Gasteiger partial charge in [-0.2, -0.15) is 0 Å². The van der Waals surface area contributed by atoms with Gasteiger partial charge in [0.2, 0.25) is 0 Å². The van der Waals surface area contributed by atoms with Gasteiger partial charge in [-0.25, -0.2) is 8.42 Å². The van der Waals surface area contributed by atoms with Gasteiger partial charge in [-0.15, -0.1) is 0 Å². The third kappa shape index (κ3) is 3.51. The summed E-state index contributed by atoms with van der Waals surface area (Å²) in [4.78, 5) is 0.0405. The van der Waals surface area contributed by atoms with Crippen molar-refractivity contribution in [3.05, 3.63) is 51.5 Å². The number of aryl methyl sites for hydroxylation is 1.